The summed E-state index contributed by atoms with van der Waals surface area (Å²) < 4.78 is 26.3. The first-order valence-corrected chi connectivity index (χ1v) is 25.9. The van der Waals surface area contributed by atoms with Gasteiger partial charge in [-0.15, -0.1) is 142 Å². The van der Waals surface area contributed by atoms with Crippen molar-refractivity contribution in [2.24, 2.45) is 0 Å². The first kappa shape index (κ1) is 66.6. The fraction of sp³-hybridized carbons (Fsp3) is 0.0685. The minimum atomic E-state index is -0.231. The van der Waals surface area contributed by atoms with Crippen molar-refractivity contribution in [3.05, 3.63) is 313 Å². The molecule has 4 radical (unpaired) electrons. The Morgan fingerprint density at radius 3 is 1.00 bits per heavy atom. The van der Waals surface area contributed by atoms with Crippen LogP contribution in [0.4, 0.5) is 8.78 Å². The van der Waals surface area contributed by atoms with Crippen LogP contribution in [0.2, 0.25) is 0 Å². The Hall–Kier alpha value is -7.18. The molecule has 0 aliphatic heterocycles. The van der Waals surface area contributed by atoms with E-state index in [4.69, 9.17) is 0 Å². The standard InChI is InChI=1S/C19H16N.2C18H13FN.C18H14N.4Ir/c1-14-10-11-19(20-13-14)17-8-5-7-16(12-17)18-9-4-3-6-15(18)2;1-13-8-9-18(20-12-13)16-6-2-4-14(10-16)15-5-3-7-17(19)11-15;1-13-5-10-18(20-12-13)16-4-2-3-15(11-16)14-6-8-17(19)9-7-14;1-14-10-11-18(19-13-14)17-9-5-8-16(12-17)15-6-3-2-4-7-15;;;;/h3-7,9-13H,1-2H3;2-5,7-12H,1H3;2-3,5-12H,1H3;2-8,10-13H,1H3;;;;/q4*-1;;;;. The number of halogens is 2. The molecule has 0 saturated heterocycles. The smallest absolute Gasteiger partial charge is 0.123 e. The summed E-state index contributed by atoms with van der Waals surface area (Å²) in [5, 5.41) is 0. The molecule has 8 aromatic carbocycles. The maximum absolute atomic E-state index is 13.3. The summed E-state index contributed by atoms with van der Waals surface area (Å²) in [6.45, 7) is 10.2. The molecule has 0 amide bonds. The minimum absolute atomic E-state index is 0. The van der Waals surface area contributed by atoms with Gasteiger partial charge in [0.25, 0.3) is 0 Å². The van der Waals surface area contributed by atoms with Crippen LogP contribution in [0.15, 0.2) is 249 Å². The van der Waals surface area contributed by atoms with Crippen LogP contribution in [-0.4, -0.2) is 19.9 Å². The van der Waals surface area contributed by atoms with E-state index in [0.29, 0.717) is 0 Å². The molecule has 422 valence electrons. The van der Waals surface area contributed by atoms with E-state index in [1.54, 1.807) is 18.2 Å². The van der Waals surface area contributed by atoms with Gasteiger partial charge in [-0.05, 0) is 132 Å². The van der Waals surface area contributed by atoms with Gasteiger partial charge in [0.05, 0.1) is 0 Å². The van der Waals surface area contributed by atoms with E-state index in [9.17, 15) is 8.78 Å². The van der Waals surface area contributed by atoms with Crippen LogP contribution in [0.3, 0.4) is 0 Å². The predicted molar refractivity (Wildman–Crippen MR) is 319 cm³/mol. The Morgan fingerprint density at radius 1 is 0.277 bits per heavy atom. The topological polar surface area (TPSA) is 51.6 Å². The average molecular weight is 1800 g/mol. The Kier molecular flexibility index (Phi) is 26.6. The molecule has 10 heteroatoms. The van der Waals surface area contributed by atoms with Gasteiger partial charge in [0.15, 0.2) is 0 Å². The van der Waals surface area contributed by atoms with Crippen LogP contribution >= 0.6 is 0 Å². The van der Waals surface area contributed by atoms with Crippen LogP contribution in [0.25, 0.3) is 89.5 Å². The third kappa shape index (κ3) is 19.2. The third-order valence-electron chi connectivity index (χ3n) is 12.9. The van der Waals surface area contributed by atoms with Gasteiger partial charge in [0.2, 0.25) is 0 Å². The first-order valence-electron chi connectivity index (χ1n) is 25.9. The normalized spacial score (nSPS) is 9.96. The summed E-state index contributed by atoms with van der Waals surface area (Å²) in [6, 6.07) is 85.0. The predicted octanol–water partition coefficient (Wildman–Crippen LogP) is 18.7. The molecule has 0 bridgehead atoms. The number of benzene rings is 8. The Balaban J connectivity index is 0.000000199. The maximum Gasteiger partial charge on any atom is 0.123 e. The summed E-state index contributed by atoms with van der Waals surface area (Å²) in [5.41, 5.74) is 22.2. The third-order valence-corrected chi connectivity index (χ3v) is 12.9. The number of pyridine rings is 4. The summed E-state index contributed by atoms with van der Waals surface area (Å²) in [6.07, 6.45) is 7.45. The summed E-state index contributed by atoms with van der Waals surface area (Å²) in [4.78, 5) is 17.7. The zero-order valence-corrected chi connectivity index (χ0v) is 55.6. The van der Waals surface area contributed by atoms with Crippen LogP contribution in [-0.2, 0) is 80.4 Å². The second kappa shape index (κ2) is 33.2. The van der Waals surface area contributed by atoms with E-state index in [1.807, 2.05) is 150 Å². The van der Waals surface area contributed by atoms with Crippen molar-refractivity contribution in [1.29, 1.82) is 0 Å². The van der Waals surface area contributed by atoms with Crippen molar-refractivity contribution in [2.75, 3.05) is 0 Å². The minimum Gasteiger partial charge on any atom is -0.304 e. The first-order chi connectivity index (χ1) is 38.5. The van der Waals surface area contributed by atoms with Crippen molar-refractivity contribution in [1.82, 2.24) is 19.9 Å². The van der Waals surface area contributed by atoms with Crippen LogP contribution in [0.5, 0.6) is 0 Å². The number of rotatable bonds is 8. The largest absolute Gasteiger partial charge is 0.304 e. The maximum atomic E-state index is 13.3. The van der Waals surface area contributed by atoms with Gasteiger partial charge in [0.1, 0.15) is 11.6 Å². The molecule has 83 heavy (non-hydrogen) atoms. The van der Waals surface area contributed by atoms with Gasteiger partial charge in [-0.25, -0.2) is 8.78 Å². The molecular weight excluding hydrogens is 1740 g/mol. The van der Waals surface area contributed by atoms with Crippen molar-refractivity contribution >= 4 is 0 Å². The molecule has 0 saturated carbocycles. The van der Waals surface area contributed by atoms with Gasteiger partial charge < -0.3 is 19.9 Å². The molecule has 0 aliphatic carbocycles. The Bertz CT molecular complexity index is 3840. The Morgan fingerprint density at radius 2 is 0.614 bits per heavy atom. The molecule has 12 rings (SSSR count). The van der Waals surface area contributed by atoms with Crippen LogP contribution in [0.1, 0.15) is 27.8 Å². The number of hydrogen-bond donors (Lipinski definition) is 0. The molecule has 4 aromatic heterocycles. The molecule has 0 atom stereocenters. The number of aryl methyl sites for hydroxylation is 5. The zero-order valence-electron chi connectivity index (χ0n) is 46.0. The SMILES string of the molecule is Cc1ccc(-c2[c-]ccc(-c3ccc(F)cc3)c2)nc1.Cc1ccc(-c2[c-]ccc(-c3cccc(F)c3)c2)nc1.Cc1ccc(-c2[c-]ccc(-c3ccccc3)c2)nc1.Cc1ccc(-c2[c-]ccc(-c3ccccc3C)c2)nc1.[Ir].[Ir].[Ir].[Ir]. The second-order valence-corrected chi connectivity index (χ2v) is 19.0. The van der Waals surface area contributed by atoms with Gasteiger partial charge in [-0.1, -0.05) is 127 Å². The Labute approximate surface area is 541 Å². The summed E-state index contributed by atoms with van der Waals surface area (Å²) in [7, 11) is 0. The number of aromatic nitrogens is 4. The van der Waals surface area contributed by atoms with E-state index >= 15 is 0 Å². The fourth-order valence-electron chi connectivity index (χ4n) is 8.51. The van der Waals surface area contributed by atoms with Crippen molar-refractivity contribution < 1.29 is 89.2 Å². The van der Waals surface area contributed by atoms with E-state index in [0.717, 1.165) is 78.4 Å². The van der Waals surface area contributed by atoms with Crippen LogP contribution < -0.4 is 0 Å². The second-order valence-electron chi connectivity index (χ2n) is 19.0. The fourth-order valence-corrected chi connectivity index (χ4v) is 8.51. The van der Waals surface area contributed by atoms with Gasteiger partial charge in [-0.3, -0.25) is 0 Å². The molecular formula is C73H56F2Ir4N4-4. The van der Waals surface area contributed by atoms with E-state index in [-0.39, 0.29) is 92.1 Å². The zero-order chi connectivity index (χ0) is 54.9. The van der Waals surface area contributed by atoms with Crippen molar-refractivity contribution in [3.63, 3.8) is 0 Å². The van der Waals surface area contributed by atoms with Gasteiger partial charge >= 0.3 is 0 Å². The number of hydrogen-bond acceptors (Lipinski definition) is 4. The summed E-state index contributed by atoms with van der Waals surface area (Å²) >= 11 is 0. The molecule has 0 unspecified atom stereocenters. The molecule has 4 nitrogen and oxygen atoms in total. The van der Waals surface area contributed by atoms with E-state index < -0.39 is 0 Å². The molecule has 0 N–H and O–H groups in total. The molecule has 0 spiro atoms. The van der Waals surface area contributed by atoms with Crippen LogP contribution in [0, 0.1) is 70.5 Å². The van der Waals surface area contributed by atoms with E-state index in [1.165, 1.54) is 63.2 Å². The molecule has 0 aliphatic rings. The monoisotopic (exact) mass is 1800 g/mol. The summed E-state index contributed by atoms with van der Waals surface area (Å²) in [5.74, 6) is -0.456. The molecule has 4 heterocycles. The quantitative estimate of drug-likeness (QED) is 0.142. The van der Waals surface area contributed by atoms with Crippen molar-refractivity contribution in [3.8, 4) is 89.5 Å². The number of nitrogens with zero attached hydrogens (tertiary/aromatic N) is 4. The molecule has 0 fully saturated rings. The van der Waals surface area contributed by atoms with E-state index in [2.05, 4.69) is 136 Å². The average Bonchev–Trinajstić information content (AvgIpc) is 3.51. The molecule has 12 aromatic rings. The van der Waals surface area contributed by atoms with Gasteiger partial charge in [-0.2, -0.15) is 0 Å². The van der Waals surface area contributed by atoms with Crippen molar-refractivity contribution in [2.45, 2.75) is 34.6 Å². The van der Waals surface area contributed by atoms with Gasteiger partial charge in [0, 0.05) is 105 Å².